The molecule has 2 nitrogen and oxygen atoms in total. The summed E-state index contributed by atoms with van der Waals surface area (Å²) in [7, 11) is 0. The molecule has 0 radical (unpaired) electrons. The number of carboxylic acids is 1. The van der Waals surface area contributed by atoms with E-state index >= 15 is 0 Å². The summed E-state index contributed by atoms with van der Waals surface area (Å²) in [6.07, 6.45) is -15.9. The lowest BCUT2D eigenvalue weighted by Crippen LogP contribution is -2.75. The molecule has 0 aliphatic carbocycles. The molecule has 0 aromatic rings. The number of halogens is 21. The van der Waals surface area contributed by atoms with Crippen molar-refractivity contribution in [2.24, 2.45) is 0 Å². The van der Waals surface area contributed by atoms with Gasteiger partial charge in [0.2, 0.25) is 0 Å². The maximum atomic E-state index is 13.5. The lowest BCUT2D eigenvalue weighted by atomic mass is 9.86. The van der Waals surface area contributed by atoms with Gasteiger partial charge in [-0.1, -0.05) is 0 Å². The second-order valence-electron chi connectivity index (χ2n) is 6.44. The maximum Gasteiger partial charge on any atom is 0.460 e. The average Bonchev–Trinajstić information content (AvgIpc) is 2.63. The van der Waals surface area contributed by atoms with E-state index in [-0.39, 0.29) is 0 Å². The summed E-state index contributed by atoms with van der Waals surface area (Å²) in [6.45, 7) is 0. The molecule has 23 heteroatoms. The monoisotopic (exact) mass is 590 g/mol. The quantitative estimate of drug-likeness (QED) is 0.215. The van der Waals surface area contributed by atoms with E-state index in [1.165, 1.54) is 0 Å². The molecule has 1 N–H and O–H groups in total. The Morgan fingerprint density at radius 3 is 0.944 bits per heavy atom. The van der Waals surface area contributed by atoms with Crippen LogP contribution in [-0.4, -0.2) is 64.6 Å². The molecule has 0 fully saturated rings. The first-order valence-corrected chi connectivity index (χ1v) is 7.60. The number of hydrogen-bond donors (Lipinski definition) is 1. The minimum Gasteiger partial charge on any atom is -0.478 e. The third-order valence-corrected chi connectivity index (χ3v) is 4.07. The Hall–Kier alpha value is -2.26. The first kappa shape index (κ1) is 33.7. The Bertz CT molecular complexity index is 875. The van der Waals surface area contributed by atoms with Crippen molar-refractivity contribution in [3.8, 4) is 0 Å². The standard InChI is InChI=1S/C13H3F21O2/c14-3(15)2(4(35)36)1-5(16,17)6(18,19)7(20,21)8(22,23)9(24,25)10(26,27)11(28,29)12(30,31)13(32,33)34/h1H2,(H,35,36). The molecule has 0 aromatic heterocycles. The smallest absolute Gasteiger partial charge is 0.460 e. The van der Waals surface area contributed by atoms with Crippen molar-refractivity contribution < 1.29 is 102 Å². The van der Waals surface area contributed by atoms with Gasteiger partial charge in [0.25, 0.3) is 6.08 Å². The highest BCUT2D eigenvalue weighted by Gasteiger charge is 2.96. The summed E-state index contributed by atoms with van der Waals surface area (Å²) in [4.78, 5) is 10.3. The fraction of sp³-hybridized carbons (Fsp3) is 0.769. The van der Waals surface area contributed by atoms with E-state index in [4.69, 9.17) is 5.11 Å². The summed E-state index contributed by atoms with van der Waals surface area (Å²) in [6, 6.07) is 0. The fourth-order valence-corrected chi connectivity index (χ4v) is 1.95. The molecule has 0 amide bonds. The van der Waals surface area contributed by atoms with E-state index in [1.807, 2.05) is 0 Å². The molecular formula is C13H3F21O2. The predicted octanol–water partition coefficient (Wildman–Crippen LogP) is 7.26. The minimum atomic E-state index is -9.15. The van der Waals surface area contributed by atoms with Gasteiger partial charge in [0.1, 0.15) is 5.57 Å². The normalized spacial score (nSPS) is 15.7. The largest absolute Gasteiger partial charge is 0.478 e. The van der Waals surface area contributed by atoms with Crippen molar-refractivity contribution >= 4 is 5.97 Å². The molecule has 0 spiro atoms. The highest BCUT2D eigenvalue weighted by atomic mass is 19.4. The summed E-state index contributed by atoms with van der Waals surface area (Å²) >= 11 is 0. The average molecular weight is 590 g/mol. The zero-order chi connectivity index (χ0) is 29.9. The molecule has 214 valence electrons. The second-order valence-corrected chi connectivity index (χ2v) is 6.44. The lowest BCUT2D eigenvalue weighted by molar-refractivity contribution is -0.468. The molecule has 0 aromatic carbocycles. The van der Waals surface area contributed by atoms with Gasteiger partial charge in [-0.15, -0.1) is 0 Å². The number of hydrogen-bond acceptors (Lipinski definition) is 1. The van der Waals surface area contributed by atoms with Gasteiger partial charge in [0.05, 0.1) is 6.42 Å². The van der Waals surface area contributed by atoms with Crippen molar-refractivity contribution in [3.63, 3.8) is 0 Å². The van der Waals surface area contributed by atoms with Crippen LogP contribution in [0.1, 0.15) is 6.42 Å². The molecule has 0 bridgehead atoms. The van der Waals surface area contributed by atoms with E-state index < -0.39 is 77.6 Å². The van der Waals surface area contributed by atoms with E-state index in [0.29, 0.717) is 0 Å². The van der Waals surface area contributed by atoms with Crippen molar-refractivity contribution in [1.82, 2.24) is 0 Å². The third kappa shape index (κ3) is 4.38. The minimum absolute atomic E-state index is 3.27. The summed E-state index contributed by atoms with van der Waals surface area (Å²) in [5, 5.41) is 8.09. The van der Waals surface area contributed by atoms with Crippen molar-refractivity contribution in [2.45, 2.75) is 60.0 Å². The molecule has 0 aliphatic rings. The number of carbonyl (C=O) groups is 1. The Balaban J connectivity index is 7.00. The highest BCUT2D eigenvalue weighted by molar-refractivity contribution is 5.86. The highest BCUT2D eigenvalue weighted by Crippen LogP contribution is 2.65. The van der Waals surface area contributed by atoms with Crippen LogP contribution in [-0.2, 0) is 4.79 Å². The van der Waals surface area contributed by atoms with Gasteiger partial charge in [-0.3, -0.25) is 0 Å². The van der Waals surface area contributed by atoms with Gasteiger partial charge in [-0.2, -0.15) is 92.2 Å². The predicted molar refractivity (Wildman–Crippen MR) is 67.1 cm³/mol. The number of aliphatic carboxylic acids is 1. The van der Waals surface area contributed by atoms with Crippen LogP contribution in [0.15, 0.2) is 11.7 Å². The van der Waals surface area contributed by atoms with Crippen LogP contribution >= 0.6 is 0 Å². The van der Waals surface area contributed by atoms with Crippen LogP contribution in [0.3, 0.4) is 0 Å². The molecule has 0 atom stereocenters. The Morgan fingerprint density at radius 2 is 0.722 bits per heavy atom. The second kappa shape index (κ2) is 8.65. The number of carboxylic acid groups (broad SMARTS) is 1. The van der Waals surface area contributed by atoms with E-state index in [1.54, 1.807) is 0 Å². The van der Waals surface area contributed by atoms with Gasteiger partial charge < -0.3 is 5.11 Å². The van der Waals surface area contributed by atoms with Crippen LogP contribution in [0.5, 0.6) is 0 Å². The van der Waals surface area contributed by atoms with Crippen molar-refractivity contribution in [1.29, 1.82) is 0 Å². The summed E-state index contributed by atoms with van der Waals surface area (Å²) in [5.41, 5.74) is -3.27. The first-order valence-electron chi connectivity index (χ1n) is 7.60. The summed E-state index contributed by atoms with van der Waals surface area (Å²) in [5.74, 6) is -72.6. The Kier molecular flexibility index (Phi) is 8.11. The summed E-state index contributed by atoms with van der Waals surface area (Å²) < 4.78 is 272. The van der Waals surface area contributed by atoms with Gasteiger partial charge >= 0.3 is 59.5 Å². The Morgan fingerprint density at radius 1 is 0.472 bits per heavy atom. The van der Waals surface area contributed by atoms with Gasteiger partial charge in [-0.25, -0.2) is 4.79 Å². The van der Waals surface area contributed by atoms with Crippen molar-refractivity contribution in [3.05, 3.63) is 11.7 Å². The van der Waals surface area contributed by atoms with Gasteiger partial charge in [0, 0.05) is 0 Å². The fourth-order valence-electron chi connectivity index (χ4n) is 1.95. The molecule has 0 unspecified atom stereocenters. The maximum absolute atomic E-state index is 13.5. The van der Waals surface area contributed by atoms with E-state index in [9.17, 15) is 97.0 Å². The van der Waals surface area contributed by atoms with Crippen molar-refractivity contribution in [2.75, 3.05) is 0 Å². The molecule has 0 rings (SSSR count). The van der Waals surface area contributed by atoms with E-state index in [2.05, 4.69) is 0 Å². The molecular weight excluding hydrogens is 587 g/mol. The lowest BCUT2D eigenvalue weighted by Gasteiger charge is -2.43. The van der Waals surface area contributed by atoms with Crippen LogP contribution in [0.25, 0.3) is 0 Å². The van der Waals surface area contributed by atoms with Crippen LogP contribution in [0.2, 0.25) is 0 Å². The van der Waals surface area contributed by atoms with Crippen LogP contribution in [0.4, 0.5) is 92.2 Å². The molecule has 0 heterocycles. The topological polar surface area (TPSA) is 37.3 Å². The first-order chi connectivity index (χ1) is 15.2. The van der Waals surface area contributed by atoms with Gasteiger partial charge in [0.15, 0.2) is 0 Å². The van der Waals surface area contributed by atoms with Crippen LogP contribution < -0.4 is 0 Å². The molecule has 0 saturated carbocycles. The zero-order valence-corrected chi connectivity index (χ0v) is 15.5. The number of rotatable bonds is 10. The van der Waals surface area contributed by atoms with Crippen LogP contribution in [0, 0.1) is 0 Å². The third-order valence-electron chi connectivity index (χ3n) is 4.07. The molecule has 36 heavy (non-hydrogen) atoms. The van der Waals surface area contributed by atoms with E-state index in [0.717, 1.165) is 0 Å². The number of alkyl halides is 19. The molecule has 0 saturated heterocycles. The Labute approximate surface area is 181 Å². The van der Waals surface area contributed by atoms with Gasteiger partial charge in [-0.05, 0) is 0 Å². The molecule has 0 aliphatic heterocycles. The zero-order valence-electron chi connectivity index (χ0n) is 15.5. The SMILES string of the molecule is O=C(O)C(CC(F)(F)C(F)(F)C(F)(F)C(F)(F)C(F)(F)C(F)(F)C(F)(F)C(F)(F)C(F)(F)F)=C(F)F.